The molecule has 2 aromatic rings. The van der Waals surface area contributed by atoms with Crippen LogP contribution in [0, 0.1) is 0 Å². The minimum Gasteiger partial charge on any atom is -0.492 e. The van der Waals surface area contributed by atoms with E-state index in [4.69, 9.17) is 4.74 Å². The van der Waals surface area contributed by atoms with Crippen molar-refractivity contribution in [1.29, 1.82) is 0 Å². The van der Waals surface area contributed by atoms with Crippen LogP contribution in [0.1, 0.15) is 35.3 Å². The number of unbranched alkanes of at least 4 members (excludes halogenated alkanes) is 1. The van der Waals surface area contributed by atoms with E-state index in [-0.39, 0.29) is 5.91 Å². The van der Waals surface area contributed by atoms with Crippen molar-refractivity contribution in [3.8, 4) is 5.75 Å². The molecule has 0 saturated heterocycles. The number of fused-ring (bicyclic) bond motifs is 1. The molecule has 0 unspecified atom stereocenters. The largest absolute Gasteiger partial charge is 0.492 e. The second-order valence-corrected chi connectivity index (χ2v) is 6.91. The van der Waals surface area contributed by atoms with Gasteiger partial charge >= 0.3 is 0 Å². The summed E-state index contributed by atoms with van der Waals surface area (Å²) in [7, 11) is 1.78. The van der Waals surface area contributed by atoms with Gasteiger partial charge < -0.3 is 24.7 Å². The van der Waals surface area contributed by atoms with Gasteiger partial charge in [0.25, 0.3) is 5.91 Å². The molecule has 1 aromatic carbocycles. The SMILES string of the molecule is CN1CCC(=NO)c2ccn(CCCCNCCOc3ccccc3)c2C1=O. The average Bonchev–Trinajstić information content (AvgIpc) is 3.09. The van der Waals surface area contributed by atoms with Gasteiger partial charge in [-0.05, 0) is 37.6 Å². The Hall–Kier alpha value is -2.80. The van der Waals surface area contributed by atoms with Crippen molar-refractivity contribution in [3.05, 3.63) is 53.9 Å². The number of para-hydroxylation sites is 1. The average molecular weight is 384 g/mol. The number of rotatable bonds is 9. The molecule has 7 nitrogen and oxygen atoms in total. The highest BCUT2D eigenvalue weighted by atomic mass is 16.5. The molecule has 0 saturated carbocycles. The van der Waals surface area contributed by atoms with E-state index in [0.29, 0.717) is 31.0 Å². The Morgan fingerprint density at radius 2 is 2.00 bits per heavy atom. The Bertz CT molecular complexity index is 801. The molecule has 2 heterocycles. The zero-order chi connectivity index (χ0) is 19.8. The van der Waals surface area contributed by atoms with Crippen LogP contribution in [0.5, 0.6) is 5.75 Å². The summed E-state index contributed by atoms with van der Waals surface area (Å²) in [6.45, 7) is 3.66. The van der Waals surface area contributed by atoms with Crippen molar-refractivity contribution in [3.63, 3.8) is 0 Å². The number of oxime groups is 1. The molecule has 1 aliphatic heterocycles. The van der Waals surface area contributed by atoms with Crippen LogP contribution in [-0.2, 0) is 6.54 Å². The van der Waals surface area contributed by atoms with Crippen LogP contribution < -0.4 is 10.1 Å². The first-order valence-electron chi connectivity index (χ1n) is 9.75. The summed E-state index contributed by atoms with van der Waals surface area (Å²) in [5.74, 6) is 0.868. The van der Waals surface area contributed by atoms with Crippen molar-refractivity contribution in [2.45, 2.75) is 25.8 Å². The number of carbonyl (C=O) groups excluding carboxylic acids is 1. The van der Waals surface area contributed by atoms with Crippen LogP contribution in [0.4, 0.5) is 0 Å². The van der Waals surface area contributed by atoms with E-state index >= 15 is 0 Å². The fourth-order valence-corrected chi connectivity index (χ4v) is 3.34. The molecule has 7 heteroatoms. The van der Waals surface area contributed by atoms with Crippen LogP contribution in [0.3, 0.4) is 0 Å². The number of carbonyl (C=O) groups is 1. The Morgan fingerprint density at radius 3 is 2.79 bits per heavy atom. The zero-order valence-corrected chi connectivity index (χ0v) is 16.3. The summed E-state index contributed by atoms with van der Waals surface area (Å²) < 4.78 is 7.62. The van der Waals surface area contributed by atoms with Gasteiger partial charge in [-0.15, -0.1) is 0 Å². The molecule has 0 radical (unpaired) electrons. The monoisotopic (exact) mass is 384 g/mol. The zero-order valence-electron chi connectivity index (χ0n) is 16.3. The Balaban J connectivity index is 1.41. The minimum atomic E-state index is -0.0187. The number of nitrogens with zero attached hydrogens (tertiary/aromatic N) is 3. The van der Waals surface area contributed by atoms with Gasteiger partial charge in [0, 0.05) is 44.9 Å². The normalized spacial score (nSPS) is 15.5. The quantitative estimate of drug-likeness (QED) is 0.396. The van der Waals surface area contributed by atoms with E-state index in [1.807, 2.05) is 47.2 Å². The number of amides is 1. The van der Waals surface area contributed by atoms with Crippen LogP contribution in [0.25, 0.3) is 0 Å². The number of aryl methyl sites for hydroxylation is 1. The maximum absolute atomic E-state index is 12.6. The lowest BCUT2D eigenvalue weighted by molar-refractivity contribution is 0.0791. The highest BCUT2D eigenvalue weighted by molar-refractivity contribution is 6.11. The lowest BCUT2D eigenvalue weighted by Crippen LogP contribution is -2.28. The van der Waals surface area contributed by atoms with Crippen LogP contribution >= 0.6 is 0 Å². The maximum Gasteiger partial charge on any atom is 0.270 e. The molecule has 1 amide bonds. The van der Waals surface area contributed by atoms with Crippen molar-refractivity contribution in [2.75, 3.05) is 33.3 Å². The van der Waals surface area contributed by atoms with E-state index in [2.05, 4.69) is 10.5 Å². The number of ether oxygens (including phenoxy) is 1. The summed E-state index contributed by atoms with van der Waals surface area (Å²) in [5.41, 5.74) is 1.94. The van der Waals surface area contributed by atoms with Gasteiger partial charge in [0.2, 0.25) is 0 Å². The van der Waals surface area contributed by atoms with E-state index < -0.39 is 0 Å². The molecule has 0 spiro atoms. The standard InChI is InChI=1S/C21H28N4O3/c1-24-14-10-19(23-27)18-9-15-25(20(18)21(24)26)13-6-5-11-22-12-16-28-17-7-3-2-4-8-17/h2-4,7-9,15,22,27H,5-6,10-14,16H2,1H3. The molecule has 0 bridgehead atoms. The van der Waals surface area contributed by atoms with Gasteiger partial charge in [0.05, 0.1) is 5.71 Å². The van der Waals surface area contributed by atoms with Gasteiger partial charge in [0.15, 0.2) is 0 Å². The molecular formula is C21H28N4O3. The van der Waals surface area contributed by atoms with Gasteiger partial charge in [-0.25, -0.2) is 0 Å². The Kier molecular flexibility index (Phi) is 7.08. The van der Waals surface area contributed by atoms with E-state index in [0.717, 1.165) is 43.8 Å². The molecule has 2 N–H and O–H groups in total. The first-order chi connectivity index (χ1) is 13.7. The van der Waals surface area contributed by atoms with Crippen molar-refractivity contribution < 1.29 is 14.7 Å². The molecule has 1 aromatic heterocycles. The third-order valence-corrected chi connectivity index (χ3v) is 4.92. The summed E-state index contributed by atoms with van der Waals surface area (Å²) in [6, 6.07) is 11.7. The van der Waals surface area contributed by atoms with Crippen molar-refractivity contribution in [2.24, 2.45) is 5.16 Å². The van der Waals surface area contributed by atoms with Gasteiger partial charge in [-0.1, -0.05) is 23.4 Å². The molecule has 0 fully saturated rings. The van der Waals surface area contributed by atoms with E-state index in [1.54, 1.807) is 11.9 Å². The van der Waals surface area contributed by atoms with Gasteiger partial charge in [0.1, 0.15) is 18.1 Å². The lowest BCUT2D eigenvalue weighted by Gasteiger charge is -2.16. The van der Waals surface area contributed by atoms with Crippen LogP contribution in [-0.4, -0.2) is 59.6 Å². The molecule has 0 atom stereocenters. The first-order valence-corrected chi connectivity index (χ1v) is 9.75. The number of benzene rings is 1. The third kappa shape index (κ3) is 4.92. The van der Waals surface area contributed by atoms with Crippen molar-refractivity contribution >= 4 is 11.6 Å². The smallest absolute Gasteiger partial charge is 0.270 e. The third-order valence-electron chi connectivity index (χ3n) is 4.92. The second kappa shape index (κ2) is 9.94. The number of hydrogen-bond donors (Lipinski definition) is 2. The fourth-order valence-electron chi connectivity index (χ4n) is 3.34. The summed E-state index contributed by atoms with van der Waals surface area (Å²) in [4.78, 5) is 14.3. The predicted molar refractivity (Wildman–Crippen MR) is 108 cm³/mol. The molecule has 28 heavy (non-hydrogen) atoms. The lowest BCUT2D eigenvalue weighted by atomic mass is 10.1. The number of aromatic nitrogens is 1. The summed E-state index contributed by atoms with van der Waals surface area (Å²) >= 11 is 0. The highest BCUT2D eigenvalue weighted by Gasteiger charge is 2.27. The number of nitrogens with one attached hydrogen (secondary N) is 1. The van der Waals surface area contributed by atoms with E-state index in [1.165, 1.54) is 0 Å². The first kappa shape index (κ1) is 19.9. The van der Waals surface area contributed by atoms with Crippen molar-refractivity contribution in [1.82, 2.24) is 14.8 Å². The molecule has 1 aliphatic rings. The molecule has 150 valence electrons. The summed E-state index contributed by atoms with van der Waals surface area (Å²) in [5, 5.41) is 16.0. The maximum atomic E-state index is 12.6. The van der Waals surface area contributed by atoms with Crippen LogP contribution in [0.2, 0.25) is 0 Å². The minimum absolute atomic E-state index is 0.0187. The highest BCUT2D eigenvalue weighted by Crippen LogP contribution is 2.20. The van der Waals surface area contributed by atoms with Crippen LogP contribution in [0.15, 0.2) is 47.8 Å². The molecule has 0 aliphatic carbocycles. The predicted octanol–water partition coefficient (Wildman–Crippen LogP) is 2.59. The molecular weight excluding hydrogens is 356 g/mol. The Labute approximate surface area is 165 Å². The fraction of sp³-hybridized carbons (Fsp3) is 0.429. The Morgan fingerprint density at radius 1 is 1.18 bits per heavy atom. The topological polar surface area (TPSA) is 79.1 Å². The second-order valence-electron chi connectivity index (χ2n) is 6.91. The van der Waals surface area contributed by atoms with Gasteiger partial charge in [-0.3, -0.25) is 4.79 Å². The summed E-state index contributed by atoms with van der Waals surface area (Å²) in [6.07, 6.45) is 4.43. The van der Waals surface area contributed by atoms with E-state index in [9.17, 15) is 10.0 Å². The molecule has 3 rings (SSSR count). The van der Waals surface area contributed by atoms with Gasteiger partial charge in [-0.2, -0.15) is 0 Å². The number of hydrogen-bond acceptors (Lipinski definition) is 5.